The van der Waals surface area contributed by atoms with Crippen molar-refractivity contribution in [3.8, 4) is 17.0 Å². The number of phenols is 1. The van der Waals surface area contributed by atoms with Crippen molar-refractivity contribution in [2.75, 3.05) is 18.8 Å². The van der Waals surface area contributed by atoms with Crippen molar-refractivity contribution in [1.82, 2.24) is 14.9 Å². The molecule has 1 aromatic heterocycles. The zero-order chi connectivity index (χ0) is 15.7. The van der Waals surface area contributed by atoms with Crippen LogP contribution in [0.1, 0.15) is 24.4 Å². The molecule has 1 atom stereocenters. The normalized spacial score (nSPS) is 18.3. The number of rotatable bonds is 2. The van der Waals surface area contributed by atoms with E-state index in [2.05, 4.69) is 10.3 Å². The Hall–Kier alpha value is -2.34. The minimum atomic E-state index is -0.273. The summed E-state index contributed by atoms with van der Waals surface area (Å²) in [6, 6.07) is 5.34. The Kier molecular flexibility index (Phi) is 3.85. The highest BCUT2D eigenvalue weighted by atomic mass is 16.3. The maximum absolute atomic E-state index is 12.3. The Morgan fingerprint density at radius 3 is 2.95 bits per heavy atom. The molecule has 0 saturated carbocycles. The van der Waals surface area contributed by atoms with Gasteiger partial charge in [0.2, 0.25) is 0 Å². The number of hydrogen-bond acceptors (Lipinski definition) is 5. The van der Waals surface area contributed by atoms with Crippen molar-refractivity contribution in [1.29, 1.82) is 0 Å². The van der Waals surface area contributed by atoms with Crippen LogP contribution in [0.3, 0.4) is 0 Å². The summed E-state index contributed by atoms with van der Waals surface area (Å²) in [5, 5.41) is 13.4. The Morgan fingerprint density at radius 1 is 1.45 bits per heavy atom. The van der Waals surface area contributed by atoms with Crippen LogP contribution in [-0.2, 0) is 0 Å². The predicted octanol–water partition coefficient (Wildman–Crippen LogP) is 1.43. The van der Waals surface area contributed by atoms with E-state index in [9.17, 15) is 9.90 Å². The molecule has 1 aliphatic rings. The summed E-state index contributed by atoms with van der Waals surface area (Å²) in [5.74, 6) is 0.101. The second-order valence-corrected chi connectivity index (χ2v) is 5.69. The number of anilines is 1. The van der Waals surface area contributed by atoms with Gasteiger partial charge in [0, 0.05) is 24.3 Å². The third-order valence-corrected chi connectivity index (χ3v) is 4.13. The number of nitrogens with zero attached hydrogens (tertiary/aromatic N) is 2. The topological polar surface area (TPSA) is 93.2 Å². The summed E-state index contributed by atoms with van der Waals surface area (Å²) in [5.41, 5.74) is 7.58. The average molecular weight is 300 g/mol. The van der Waals surface area contributed by atoms with E-state index in [1.807, 2.05) is 13.0 Å². The molecule has 6 nitrogen and oxygen atoms in total. The summed E-state index contributed by atoms with van der Waals surface area (Å²) in [4.78, 5) is 16.5. The lowest BCUT2D eigenvalue weighted by Gasteiger charge is -2.25. The first-order valence-electron chi connectivity index (χ1n) is 7.46. The summed E-state index contributed by atoms with van der Waals surface area (Å²) >= 11 is 0. The fourth-order valence-electron chi connectivity index (χ4n) is 2.98. The lowest BCUT2D eigenvalue weighted by Crippen LogP contribution is -2.37. The van der Waals surface area contributed by atoms with Crippen molar-refractivity contribution < 1.29 is 5.11 Å². The maximum atomic E-state index is 12.3. The quantitative estimate of drug-likeness (QED) is 0.780. The van der Waals surface area contributed by atoms with Gasteiger partial charge in [-0.2, -0.15) is 0 Å². The molecule has 2 heterocycles. The molecule has 3 rings (SSSR count). The summed E-state index contributed by atoms with van der Waals surface area (Å²) in [6.07, 6.45) is 3.65. The van der Waals surface area contributed by atoms with Crippen molar-refractivity contribution in [3.05, 3.63) is 40.3 Å². The van der Waals surface area contributed by atoms with E-state index in [-0.39, 0.29) is 23.2 Å². The van der Waals surface area contributed by atoms with E-state index < -0.39 is 0 Å². The molecular formula is C16H20N4O2. The monoisotopic (exact) mass is 300 g/mol. The fourth-order valence-corrected chi connectivity index (χ4v) is 2.98. The maximum Gasteiger partial charge on any atom is 0.293 e. The van der Waals surface area contributed by atoms with Crippen LogP contribution in [0.5, 0.6) is 5.75 Å². The molecule has 0 spiro atoms. The van der Waals surface area contributed by atoms with Crippen LogP contribution in [0.15, 0.2) is 29.2 Å². The number of phenolic OH excluding ortho intramolecular Hbond substituents is 1. The van der Waals surface area contributed by atoms with Crippen molar-refractivity contribution in [2.24, 2.45) is 0 Å². The Bertz CT molecular complexity index is 728. The molecule has 0 radical (unpaired) electrons. The van der Waals surface area contributed by atoms with E-state index in [4.69, 9.17) is 5.73 Å². The van der Waals surface area contributed by atoms with Gasteiger partial charge in [-0.25, -0.2) is 4.98 Å². The van der Waals surface area contributed by atoms with Crippen molar-refractivity contribution in [2.45, 2.75) is 25.8 Å². The van der Waals surface area contributed by atoms with Crippen LogP contribution in [0.25, 0.3) is 11.3 Å². The van der Waals surface area contributed by atoms with Crippen LogP contribution in [-0.4, -0.2) is 27.7 Å². The van der Waals surface area contributed by atoms with E-state index in [0.717, 1.165) is 31.5 Å². The van der Waals surface area contributed by atoms with E-state index in [0.29, 0.717) is 11.3 Å². The SMILES string of the molecule is Cc1cccc(O)c1-c1cn(C2CCCNC2)c(=O)c(N)n1. The van der Waals surface area contributed by atoms with Crippen LogP contribution in [0.2, 0.25) is 0 Å². The number of aryl methyl sites for hydroxylation is 1. The lowest BCUT2D eigenvalue weighted by molar-refractivity contribution is 0.364. The lowest BCUT2D eigenvalue weighted by atomic mass is 10.0. The zero-order valence-corrected chi connectivity index (χ0v) is 12.5. The fraction of sp³-hybridized carbons (Fsp3) is 0.375. The number of nitrogens with one attached hydrogen (secondary N) is 1. The largest absolute Gasteiger partial charge is 0.507 e. The molecule has 2 aromatic rings. The molecule has 1 aliphatic heterocycles. The van der Waals surface area contributed by atoms with E-state index in [1.165, 1.54) is 0 Å². The minimum absolute atomic E-state index is 0.0364. The smallest absolute Gasteiger partial charge is 0.293 e. The van der Waals surface area contributed by atoms with Gasteiger partial charge in [-0.3, -0.25) is 4.79 Å². The molecule has 1 unspecified atom stereocenters. The summed E-state index contributed by atoms with van der Waals surface area (Å²) in [7, 11) is 0. The van der Waals surface area contributed by atoms with Gasteiger partial charge in [-0.1, -0.05) is 12.1 Å². The Labute approximate surface area is 128 Å². The van der Waals surface area contributed by atoms with E-state index in [1.54, 1.807) is 22.9 Å². The van der Waals surface area contributed by atoms with Crippen LogP contribution in [0.4, 0.5) is 5.82 Å². The third kappa shape index (κ3) is 2.57. The minimum Gasteiger partial charge on any atom is -0.507 e. The average Bonchev–Trinajstić information content (AvgIpc) is 2.51. The number of benzene rings is 1. The van der Waals surface area contributed by atoms with Gasteiger partial charge in [-0.05, 0) is 37.9 Å². The molecule has 116 valence electrons. The molecule has 0 aliphatic carbocycles. The number of aromatic nitrogens is 2. The molecule has 1 saturated heterocycles. The van der Waals surface area contributed by atoms with Crippen LogP contribution in [0, 0.1) is 6.92 Å². The molecular weight excluding hydrogens is 280 g/mol. The number of nitrogens with two attached hydrogens (primary N) is 1. The third-order valence-electron chi connectivity index (χ3n) is 4.13. The van der Waals surface area contributed by atoms with Crippen LogP contribution >= 0.6 is 0 Å². The first kappa shape index (κ1) is 14.6. The molecule has 1 aromatic carbocycles. The first-order chi connectivity index (χ1) is 10.6. The zero-order valence-electron chi connectivity index (χ0n) is 12.5. The van der Waals surface area contributed by atoms with Crippen LogP contribution < -0.4 is 16.6 Å². The standard InChI is InChI=1S/C16H20N4O2/c1-10-4-2-6-13(21)14(10)12-9-20(16(22)15(17)19-12)11-5-3-7-18-8-11/h2,4,6,9,11,18,21H,3,5,7-8H2,1H3,(H2,17,19). The molecule has 22 heavy (non-hydrogen) atoms. The van der Waals surface area contributed by atoms with Crippen molar-refractivity contribution >= 4 is 5.82 Å². The summed E-state index contributed by atoms with van der Waals surface area (Å²) in [6.45, 7) is 3.60. The van der Waals surface area contributed by atoms with Gasteiger partial charge in [0.15, 0.2) is 5.82 Å². The van der Waals surface area contributed by atoms with E-state index >= 15 is 0 Å². The molecule has 1 fully saturated rings. The van der Waals surface area contributed by atoms with Gasteiger partial charge >= 0.3 is 0 Å². The van der Waals surface area contributed by atoms with Gasteiger partial charge in [0.1, 0.15) is 5.75 Å². The Balaban J connectivity index is 2.14. The Morgan fingerprint density at radius 2 is 2.27 bits per heavy atom. The molecule has 6 heteroatoms. The molecule has 0 amide bonds. The highest BCUT2D eigenvalue weighted by molar-refractivity contribution is 5.70. The summed E-state index contributed by atoms with van der Waals surface area (Å²) < 4.78 is 1.65. The van der Waals surface area contributed by atoms with Gasteiger partial charge in [-0.15, -0.1) is 0 Å². The number of hydrogen-bond donors (Lipinski definition) is 3. The second-order valence-electron chi connectivity index (χ2n) is 5.69. The highest BCUT2D eigenvalue weighted by Crippen LogP contribution is 2.31. The first-order valence-corrected chi connectivity index (χ1v) is 7.46. The molecule has 0 bridgehead atoms. The number of nitrogen functional groups attached to an aromatic ring is 1. The van der Waals surface area contributed by atoms with Gasteiger partial charge < -0.3 is 20.7 Å². The molecule has 4 N–H and O–H groups in total. The number of aromatic hydroxyl groups is 1. The van der Waals surface area contributed by atoms with Crippen molar-refractivity contribution in [3.63, 3.8) is 0 Å². The van der Waals surface area contributed by atoms with Gasteiger partial charge in [0.25, 0.3) is 5.56 Å². The highest BCUT2D eigenvalue weighted by Gasteiger charge is 2.20. The second kappa shape index (κ2) is 5.81. The predicted molar refractivity (Wildman–Crippen MR) is 85.9 cm³/mol. The number of piperidine rings is 1. The van der Waals surface area contributed by atoms with Gasteiger partial charge in [0.05, 0.1) is 5.69 Å².